The van der Waals surface area contributed by atoms with E-state index in [1.807, 2.05) is 19.9 Å². The number of hydrogen-bond acceptors (Lipinski definition) is 4. The smallest absolute Gasteiger partial charge is 0.236 e. The normalized spacial score (nSPS) is 24.7. The standard InChI is InChI=1S/C10H16N2O3/c1-10(2)7-12(9(14)3-4-11)5-8(6-13)15-10/h8,13H,3,5-7H2,1-2H3. The van der Waals surface area contributed by atoms with E-state index in [0.717, 1.165) is 0 Å². The first-order valence-corrected chi connectivity index (χ1v) is 4.92. The van der Waals surface area contributed by atoms with Crippen LogP contribution in [0.15, 0.2) is 0 Å². The summed E-state index contributed by atoms with van der Waals surface area (Å²) in [5.74, 6) is -0.202. The summed E-state index contributed by atoms with van der Waals surface area (Å²) in [4.78, 5) is 13.1. The van der Waals surface area contributed by atoms with Gasteiger partial charge in [-0.05, 0) is 13.8 Å². The van der Waals surface area contributed by atoms with Crippen LogP contribution in [-0.4, -0.2) is 47.3 Å². The molecule has 84 valence electrons. The second kappa shape index (κ2) is 4.60. The van der Waals surface area contributed by atoms with Crippen LogP contribution in [0.25, 0.3) is 0 Å². The third kappa shape index (κ3) is 3.18. The zero-order valence-electron chi connectivity index (χ0n) is 9.06. The molecule has 1 unspecified atom stereocenters. The van der Waals surface area contributed by atoms with Crippen molar-refractivity contribution in [1.29, 1.82) is 5.26 Å². The molecule has 1 N–H and O–H groups in total. The lowest BCUT2D eigenvalue weighted by Gasteiger charge is -2.42. The predicted molar refractivity (Wildman–Crippen MR) is 52.8 cm³/mol. The minimum atomic E-state index is -0.462. The minimum Gasteiger partial charge on any atom is -0.394 e. The van der Waals surface area contributed by atoms with Crippen LogP contribution in [0.1, 0.15) is 20.3 Å². The number of nitriles is 1. The van der Waals surface area contributed by atoms with Crippen molar-refractivity contribution in [3.63, 3.8) is 0 Å². The van der Waals surface area contributed by atoms with Crippen LogP contribution in [0.4, 0.5) is 0 Å². The summed E-state index contributed by atoms with van der Waals surface area (Å²) in [6, 6.07) is 1.83. The topological polar surface area (TPSA) is 73.6 Å². The van der Waals surface area contributed by atoms with Crippen molar-refractivity contribution in [3.8, 4) is 6.07 Å². The molecule has 5 heteroatoms. The molecule has 1 aliphatic rings. The first-order valence-electron chi connectivity index (χ1n) is 4.92. The van der Waals surface area contributed by atoms with E-state index in [2.05, 4.69) is 0 Å². The maximum atomic E-state index is 11.5. The van der Waals surface area contributed by atoms with Gasteiger partial charge in [0.05, 0.1) is 24.4 Å². The molecule has 0 aromatic carbocycles. The van der Waals surface area contributed by atoms with Gasteiger partial charge in [0.2, 0.25) is 5.91 Å². The van der Waals surface area contributed by atoms with E-state index in [-0.39, 0.29) is 25.0 Å². The number of morpholine rings is 1. The second-order valence-corrected chi connectivity index (χ2v) is 4.29. The molecular weight excluding hydrogens is 196 g/mol. The molecule has 0 spiro atoms. The fourth-order valence-electron chi connectivity index (χ4n) is 1.76. The Hall–Kier alpha value is -1.12. The Morgan fingerprint density at radius 3 is 2.93 bits per heavy atom. The molecule has 0 aromatic rings. The van der Waals surface area contributed by atoms with E-state index >= 15 is 0 Å². The highest BCUT2D eigenvalue weighted by atomic mass is 16.5. The van der Waals surface area contributed by atoms with Crippen molar-refractivity contribution in [2.24, 2.45) is 0 Å². The zero-order valence-corrected chi connectivity index (χ0v) is 9.06. The van der Waals surface area contributed by atoms with Gasteiger partial charge in [-0.15, -0.1) is 0 Å². The molecule has 0 aliphatic carbocycles. The second-order valence-electron chi connectivity index (χ2n) is 4.29. The Kier molecular flexibility index (Phi) is 3.66. The minimum absolute atomic E-state index is 0.111. The summed E-state index contributed by atoms with van der Waals surface area (Å²) in [5.41, 5.74) is -0.462. The van der Waals surface area contributed by atoms with E-state index in [4.69, 9.17) is 15.1 Å². The molecule has 1 saturated heterocycles. The van der Waals surface area contributed by atoms with Gasteiger partial charge < -0.3 is 14.7 Å². The first kappa shape index (κ1) is 12.0. The molecule has 1 heterocycles. The van der Waals surface area contributed by atoms with Crippen molar-refractivity contribution in [2.45, 2.75) is 32.0 Å². The van der Waals surface area contributed by atoms with Crippen LogP contribution < -0.4 is 0 Å². The first-order chi connectivity index (χ1) is 6.98. The van der Waals surface area contributed by atoms with Gasteiger partial charge in [0.25, 0.3) is 0 Å². The molecule has 1 fully saturated rings. The van der Waals surface area contributed by atoms with Gasteiger partial charge in [-0.3, -0.25) is 4.79 Å². The van der Waals surface area contributed by atoms with Crippen molar-refractivity contribution in [1.82, 2.24) is 4.90 Å². The summed E-state index contributed by atoms with van der Waals surface area (Å²) in [7, 11) is 0. The van der Waals surface area contributed by atoms with Crippen LogP contribution in [0.5, 0.6) is 0 Å². The number of carbonyl (C=O) groups is 1. The highest BCUT2D eigenvalue weighted by Gasteiger charge is 2.34. The van der Waals surface area contributed by atoms with Gasteiger partial charge in [-0.1, -0.05) is 0 Å². The zero-order chi connectivity index (χ0) is 11.5. The summed E-state index contributed by atoms with van der Waals surface area (Å²) in [6.45, 7) is 4.44. The number of hydrogen-bond donors (Lipinski definition) is 1. The quantitative estimate of drug-likeness (QED) is 0.693. The van der Waals surface area contributed by atoms with Gasteiger partial charge in [0, 0.05) is 13.1 Å². The van der Waals surface area contributed by atoms with Crippen LogP contribution in [0.3, 0.4) is 0 Å². The summed E-state index contributed by atoms with van der Waals surface area (Å²) >= 11 is 0. The van der Waals surface area contributed by atoms with Gasteiger partial charge in [0.1, 0.15) is 6.42 Å². The molecule has 0 radical (unpaired) electrons. The Bertz CT molecular complexity index is 283. The SMILES string of the molecule is CC1(C)CN(C(=O)CC#N)CC(CO)O1. The number of nitrogens with zero attached hydrogens (tertiary/aromatic N) is 2. The molecule has 1 amide bonds. The van der Waals surface area contributed by atoms with E-state index in [1.165, 1.54) is 0 Å². The van der Waals surface area contributed by atoms with Crippen LogP contribution in [0, 0.1) is 11.3 Å². The number of aliphatic hydroxyl groups excluding tert-OH is 1. The maximum absolute atomic E-state index is 11.5. The lowest BCUT2D eigenvalue weighted by Crippen LogP contribution is -2.55. The summed E-state index contributed by atoms with van der Waals surface area (Å²) < 4.78 is 5.55. The van der Waals surface area contributed by atoms with Crippen molar-refractivity contribution in [2.75, 3.05) is 19.7 Å². The maximum Gasteiger partial charge on any atom is 0.236 e. The lowest BCUT2D eigenvalue weighted by molar-refractivity contribution is -0.166. The third-order valence-corrected chi connectivity index (χ3v) is 2.27. The third-order valence-electron chi connectivity index (χ3n) is 2.27. The number of rotatable bonds is 2. The number of aliphatic hydroxyl groups is 1. The predicted octanol–water partition coefficient (Wildman–Crippen LogP) is -0.102. The molecule has 0 aromatic heterocycles. The molecule has 1 atom stereocenters. The van der Waals surface area contributed by atoms with E-state index in [9.17, 15) is 4.79 Å². The molecule has 1 aliphatic heterocycles. The molecule has 0 bridgehead atoms. The van der Waals surface area contributed by atoms with Gasteiger partial charge in [0.15, 0.2) is 0 Å². The van der Waals surface area contributed by atoms with E-state index in [0.29, 0.717) is 13.1 Å². The lowest BCUT2D eigenvalue weighted by atomic mass is 10.1. The molecule has 0 saturated carbocycles. The van der Waals surface area contributed by atoms with Crippen LogP contribution in [0.2, 0.25) is 0 Å². The Balaban J connectivity index is 2.66. The highest BCUT2D eigenvalue weighted by Crippen LogP contribution is 2.21. The van der Waals surface area contributed by atoms with Crippen LogP contribution in [-0.2, 0) is 9.53 Å². The van der Waals surface area contributed by atoms with Gasteiger partial charge in [-0.2, -0.15) is 5.26 Å². The van der Waals surface area contributed by atoms with Gasteiger partial charge in [-0.25, -0.2) is 0 Å². The number of amides is 1. The fraction of sp³-hybridized carbons (Fsp3) is 0.800. The number of ether oxygens (including phenoxy) is 1. The Morgan fingerprint density at radius 1 is 1.73 bits per heavy atom. The molecule has 1 rings (SSSR count). The fourth-order valence-corrected chi connectivity index (χ4v) is 1.76. The molecular formula is C10H16N2O3. The Labute approximate surface area is 89.2 Å². The van der Waals surface area contributed by atoms with Crippen molar-refractivity contribution >= 4 is 5.91 Å². The van der Waals surface area contributed by atoms with Crippen molar-refractivity contribution < 1.29 is 14.6 Å². The highest BCUT2D eigenvalue weighted by molar-refractivity contribution is 5.78. The summed E-state index contributed by atoms with van der Waals surface area (Å²) in [5, 5.41) is 17.5. The average molecular weight is 212 g/mol. The summed E-state index contributed by atoms with van der Waals surface area (Å²) in [6.07, 6.45) is -0.467. The van der Waals surface area contributed by atoms with E-state index in [1.54, 1.807) is 4.90 Å². The van der Waals surface area contributed by atoms with Crippen molar-refractivity contribution in [3.05, 3.63) is 0 Å². The largest absolute Gasteiger partial charge is 0.394 e. The average Bonchev–Trinajstić information content (AvgIpc) is 2.15. The molecule has 5 nitrogen and oxygen atoms in total. The Morgan fingerprint density at radius 2 is 2.40 bits per heavy atom. The monoisotopic (exact) mass is 212 g/mol. The van der Waals surface area contributed by atoms with Crippen LogP contribution >= 0.6 is 0 Å². The van der Waals surface area contributed by atoms with E-state index < -0.39 is 5.60 Å². The van der Waals surface area contributed by atoms with Gasteiger partial charge >= 0.3 is 0 Å². The molecule has 15 heavy (non-hydrogen) atoms. The number of carbonyl (C=O) groups excluding carboxylic acids is 1.